The minimum atomic E-state index is -3.25. The summed E-state index contributed by atoms with van der Waals surface area (Å²) < 4.78 is 34.8. The third-order valence-electron chi connectivity index (χ3n) is 3.33. The molecule has 10 heteroatoms. The molecule has 1 aromatic heterocycles. The Labute approximate surface area is 129 Å². The molecule has 1 atom stereocenters. The van der Waals surface area contributed by atoms with Crippen molar-refractivity contribution in [1.29, 1.82) is 0 Å². The monoisotopic (exact) mass is 332 g/mol. The quantitative estimate of drug-likeness (QED) is 0.807. The summed E-state index contributed by atoms with van der Waals surface area (Å²) in [5.41, 5.74) is 1.12. The molecule has 124 valence electrons. The Morgan fingerprint density at radius 3 is 2.77 bits per heavy atom. The summed E-state index contributed by atoms with van der Waals surface area (Å²) in [4.78, 5) is 11.9. The smallest absolute Gasteiger partial charge is 0.319 e. The van der Waals surface area contributed by atoms with Crippen LogP contribution in [0, 0.1) is 13.8 Å². The van der Waals surface area contributed by atoms with Gasteiger partial charge in [-0.15, -0.1) is 0 Å². The van der Waals surface area contributed by atoms with E-state index in [1.165, 1.54) is 4.31 Å². The fourth-order valence-electron chi connectivity index (χ4n) is 2.14. The van der Waals surface area contributed by atoms with Gasteiger partial charge in [0, 0.05) is 19.6 Å². The zero-order chi connectivity index (χ0) is 16.3. The van der Waals surface area contributed by atoms with Crippen LogP contribution >= 0.6 is 0 Å². The van der Waals surface area contributed by atoms with Gasteiger partial charge >= 0.3 is 6.03 Å². The zero-order valence-corrected chi connectivity index (χ0v) is 13.6. The summed E-state index contributed by atoms with van der Waals surface area (Å²) in [6.45, 7) is 4.50. The van der Waals surface area contributed by atoms with Crippen molar-refractivity contribution >= 4 is 21.7 Å². The lowest BCUT2D eigenvalue weighted by molar-refractivity contribution is 0.00167. The van der Waals surface area contributed by atoms with E-state index in [-0.39, 0.29) is 19.2 Å². The predicted octanol–water partition coefficient (Wildman–Crippen LogP) is 0.0733. The highest BCUT2D eigenvalue weighted by Crippen LogP contribution is 2.18. The number of morpholine rings is 1. The first-order valence-corrected chi connectivity index (χ1v) is 8.66. The fourth-order valence-corrected chi connectivity index (χ4v) is 2.99. The Hall–Kier alpha value is -1.65. The van der Waals surface area contributed by atoms with Gasteiger partial charge < -0.3 is 19.9 Å². The molecular formula is C12H20N4O5S. The molecule has 0 aromatic carbocycles. The molecule has 0 bridgehead atoms. The van der Waals surface area contributed by atoms with Crippen molar-refractivity contribution in [2.45, 2.75) is 20.0 Å². The number of carbonyl (C=O) groups excluding carboxylic acids is 1. The molecule has 2 N–H and O–H groups in total. The van der Waals surface area contributed by atoms with E-state index in [2.05, 4.69) is 15.8 Å². The Morgan fingerprint density at radius 1 is 1.45 bits per heavy atom. The number of carbonyl (C=O) groups is 1. The second-order valence-electron chi connectivity index (χ2n) is 5.15. The molecular weight excluding hydrogens is 312 g/mol. The van der Waals surface area contributed by atoms with E-state index in [4.69, 9.17) is 9.26 Å². The van der Waals surface area contributed by atoms with Crippen LogP contribution in [-0.2, 0) is 14.8 Å². The van der Waals surface area contributed by atoms with Crippen molar-refractivity contribution in [3.8, 4) is 0 Å². The Kier molecular flexibility index (Phi) is 5.04. The Bertz CT molecular complexity index is 622. The maximum Gasteiger partial charge on any atom is 0.319 e. The SMILES string of the molecule is Cc1noc(C)c1NC(=O)NC[C@H]1CN(S(C)(=O)=O)CCO1. The van der Waals surface area contributed by atoms with Crippen LogP contribution in [0.2, 0.25) is 0 Å². The van der Waals surface area contributed by atoms with Gasteiger partial charge in [-0.2, -0.15) is 4.31 Å². The number of aryl methyl sites for hydroxylation is 2. The maximum atomic E-state index is 11.9. The largest absolute Gasteiger partial charge is 0.374 e. The number of urea groups is 1. The summed E-state index contributed by atoms with van der Waals surface area (Å²) >= 11 is 0. The van der Waals surface area contributed by atoms with Gasteiger partial charge in [-0.25, -0.2) is 13.2 Å². The number of rotatable bonds is 4. The third-order valence-corrected chi connectivity index (χ3v) is 4.60. The zero-order valence-electron chi connectivity index (χ0n) is 12.7. The second-order valence-corrected chi connectivity index (χ2v) is 7.13. The Morgan fingerprint density at radius 2 is 2.18 bits per heavy atom. The van der Waals surface area contributed by atoms with Crippen molar-refractivity contribution in [3.05, 3.63) is 11.5 Å². The number of amides is 2. The number of hydrogen-bond donors (Lipinski definition) is 2. The molecule has 1 aromatic rings. The molecule has 9 nitrogen and oxygen atoms in total. The third kappa shape index (κ3) is 4.18. The van der Waals surface area contributed by atoms with Gasteiger partial charge in [0.25, 0.3) is 0 Å². The molecule has 0 spiro atoms. The van der Waals surface area contributed by atoms with Crippen LogP contribution in [0.5, 0.6) is 0 Å². The van der Waals surface area contributed by atoms with Crippen molar-refractivity contribution in [1.82, 2.24) is 14.8 Å². The molecule has 1 saturated heterocycles. The first-order valence-electron chi connectivity index (χ1n) is 6.82. The number of sulfonamides is 1. The summed E-state index contributed by atoms with van der Waals surface area (Å²) in [6, 6.07) is -0.422. The molecule has 22 heavy (non-hydrogen) atoms. The number of ether oxygens (including phenoxy) is 1. The van der Waals surface area contributed by atoms with E-state index >= 15 is 0 Å². The minimum absolute atomic E-state index is 0.210. The number of aromatic nitrogens is 1. The van der Waals surface area contributed by atoms with Crippen LogP contribution < -0.4 is 10.6 Å². The van der Waals surface area contributed by atoms with E-state index in [0.717, 1.165) is 6.26 Å². The van der Waals surface area contributed by atoms with E-state index in [1.54, 1.807) is 13.8 Å². The summed E-state index contributed by atoms with van der Waals surface area (Å²) in [7, 11) is -3.25. The normalized spacial score (nSPS) is 19.9. The molecule has 2 rings (SSSR count). The van der Waals surface area contributed by atoms with E-state index in [1.807, 2.05) is 0 Å². The standard InChI is InChI=1S/C12H20N4O5S/c1-8-11(9(2)21-15-8)14-12(17)13-6-10-7-16(4-5-20-10)22(3,18)19/h10H,4-7H2,1-3H3,(H2,13,14,17)/t10-/m0/s1. The Balaban J connectivity index is 1.84. The first kappa shape index (κ1) is 16.7. The first-order chi connectivity index (χ1) is 10.3. The van der Waals surface area contributed by atoms with Gasteiger partial charge in [-0.05, 0) is 13.8 Å². The van der Waals surface area contributed by atoms with Gasteiger partial charge in [0.15, 0.2) is 5.76 Å². The number of hydrogen-bond acceptors (Lipinski definition) is 6. The summed E-state index contributed by atoms with van der Waals surface area (Å²) in [5, 5.41) is 9.04. The van der Waals surface area contributed by atoms with Gasteiger partial charge in [-0.1, -0.05) is 5.16 Å². The van der Waals surface area contributed by atoms with Crippen LogP contribution in [0.25, 0.3) is 0 Å². The van der Waals surface area contributed by atoms with Gasteiger partial charge in [0.05, 0.1) is 19.0 Å². The van der Waals surface area contributed by atoms with Crippen LogP contribution in [0.4, 0.5) is 10.5 Å². The predicted molar refractivity (Wildman–Crippen MR) is 79.2 cm³/mol. The van der Waals surface area contributed by atoms with Gasteiger partial charge in [-0.3, -0.25) is 0 Å². The average Bonchev–Trinajstić information content (AvgIpc) is 2.76. The summed E-state index contributed by atoms with van der Waals surface area (Å²) in [5.74, 6) is 0.518. The molecule has 2 heterocycles. The van der Waals surface area contributed by atoms with Crippen LogP contribution in [-0.4, -0.2) is 62.5 Å². The number of nitrogens with one attached hydrogen (secondary N) is 2. The molecule has 1 aliphatic heterocycles. The molecule has 0 radical (unpaired) electrons. The van der Waals surface area contributed by atoms with Crippen LogP contribution in [0.15, 0.2) is 4.52 Å². The second kappa shape index (κ2) is 6.63. The highest BCUT2D eigenvalue weighted by Gasteiger charge is 2.26. The van der Waals surface area contributed by atoms with Crippen molar-refractivity contribution in [3.63, 3.8) is 0 Å². The fraction of sp³-hybridized carbons (Fsp3) is 0.667. The lowest BCUT2D eigenvalue weighted by Crippen LogP contribution is -2.49. The maximum absolute atomic E-state index is 11.9. The highest BCUT2D eigenvalue weighted by molar-refractivity contribution is 7.88. The van der Waals surface area contributed by atoms with Crippen LogP contribution in [0.3, 0.4) is 0 Å². The lowest BCUT2D eigenvalue weighted by atomic mass is 10.3. The van der Waals surface area contributed by atoms with E-state index in [9.17, 15) is 13.2 Å². The number of anilines is 1. The van der Waals surface area contributed by atoms with Gasteiger partial charge in [0.1, 0.15) is 11.4 Å². The molecule has 1 aliphatic rings. The lowest BCUT2D eigenvalue weighted by Gasteiger charge is -2.31. The van der Waals surface area contributed by atoms with Gasteiger partial charge in [0.2, 0.25) is 10.0 Å². The molecule has 0 unspecified atom stereocenters. The molecule has 0 aliphatic carbocycles. The topological polar surface area (TPSA) is 114 Å². The van der Waals surface area contributed by atoms with Crippen molar-refractivity contribution in [2.75, 3.05) is 37.8 Å². The van der Waals surface area contributed by atoms with E-state index < -0.39 is 16.1 Å². The summed E-state index contributed by atoms with van der Waals surface area (Å²) in [6.07, 6.45) is 0.784. The number of nitrogens with zero attached hydrogens (tertiary/aromatic N) is 2. The van der Waals surface area contributed by atoms with Crippen molar-refractivity contribution in [2.24, 2.45) is 0 Å². The highest BCUT2D eigenvalue weighted by atomic mass is 32.2. The van der Waals surface area contributed by atoms with Crippen molar-refractivity contribution < 1.29 is 22.5 Å². The van der Waals surface area contributed by atoms with E-state index in [0.29, 0.717) is 30.3 Å². The molecule has 2 amide bonds. The average molecular weight is 332 g/mol. The minimum Gasteiger partial charge on any atom is -0.374 e. The molecule has 0 saturated carbocycles. The van der Waals surface area contributed by atoms with Crippen LogP contribution in [0.1, 0.15) is 11.5 Å². The molecule has 1 fully saturated rings.